The second-order valence-corrected chi connectivity index (χ2v) is 5.01. The summed E-state index contributed by atoms with van der Waals surface area (Å²) in [6.07, 6.45) is 0. The van der Waals surface area contributed by atoms with Crippen LogP contribution in [0.3, 0.4) is 0 Å². The Morgan fingerprint density at radius 3 is 2.57 bits per heavy atom. The fraction of sp³-hybridized carbons (Fsp3) is 0. The van der Waals surface area contributed by atoms with Gasteiger partial charge in [-0.05, 0) is 46.3 Å². The largest absolute Gasteiger partial charge is 0.507 e. The van der Waals surface area contributed by atoms with Crippen LogP contribution in [0, 0.1) is 0 Å². The van der Waals surface area contributed by atoms with E-state index in [9.17, 15) is 9.90 Å². The lowest BCUT2D eigenvalue weighted by atomic mass is 10.1. The van der Waals surface area contributed by atoms with Crippen molar-refractivity contribution >= 4 is 33.4 Å². The summed E-state index contributed by atoms with van der Waals surface area (Å²) >= 11 is 3.29. The number of nitrogens with two attached hydrogens (primary N) is 1. The van der Waals surface area contributed by atoms with Gasteiger partial charge in [0, 0.05) is 10.0 Å². The van der Waals surface area contributed by atoms with Crippen molar-refractivity contribution < 1.29 is 15.1 Å². The first-order valence-electron chi connectivity index (χ1n) is 5.89. The molecule has 0 radical (unpaired) electrons. The highest BCUT2D eigenvalue weighted by Crippen LogP contribution is 2.25. The molecule has 1 amide bonds. The van der Waals surface area contributed by atoms with Gasteiger partial charge in [-0.2, -0.15) is 0 Å². The predicted molar refractivity (Wildman–Crippen MR) is 82.7 cm³/mol. The number of para-hydroxylation sites is 1. The van der Waals surface area contributed by atoms with Crippen molar-refractivity contribution in [1.29, 1.82) is 0 Å². The van der Waals surface area contributed by atoms with Crippen LogP contribution in [-0.4, -0.2) is 22.1 Å². The Morgan fingerprint density at radius 1 is 1.24 bits per heavy atom. The van der Waals surface area contributed by atoms with Crippen molar-refractivity contribution in [3.8, 4) is 5.75 Å². The van der Waals surface area contributed by atoms with Gasteiger partial charge >= 0.3 is 0 Å². The third-order valence-corrected chi connectivity index (χ3v) is 3.43. The molecule has 2 aromatic rings. The zero-order valence-electron chi connectivity index (χ0n) is 10.7. The van der Waals surface area contributed by atoms with Gasteiger partial charge in [0.25, 0.3) is 5.91 Å². The number of oxime groups is 1. The highest BCUT2D eigenvalue weighted by Gasteiger charge is 2.12. The van der Waals surface area contributed by atoms with E-state index in [4.69, 9.17) is 10.9 Å². The van der Waals surface area contributed by atoms with Crippen LogP contribution in [-0.2, 0) is 0 Å². The van der Waals surface area contributed by atoms with Crippen molar-refractivity contribution in [2.75, 3.05) is 5.32 Å². The van der Waals surface area contributed by atoms with Crippen LogP contribution >= 0.6 is 15.9 Å². The number of phenolic OH excluding ortho intramolecular Hbond substituents is 1. The summed E-state index contributed by atoms with van der Waals surface area (Å²) < 4.78 is 0.565. The predicted octanol–water partition coefficient (Wildman–Crippen LogP) is 2.50. The number of carbonyl (C=O) groups is 1. The minimum atomic E-state index is -0.439. The maximum absolute atomic E-state index is 12.1. The molecule has 6 nitrogen and oxygen atoms in total. The Bertz CT molecular complexity index is 716. The number of halogens is 1. The topological polar surface area (TPSA) is 108 Å². The van der Waals surface area contributed by atoms with Crippen molar-refractivity contribution in [3.63, 3.8) is 0 Å². The average Bonchev–Trinajstić information content (AvgIpc) is 2.48. The first-order chi connectivity index (χ1) is 10.0. The minimum absolute atomic E-state index is 0.0331. The number of benzene rings is 2. The summed E-state index contributed by atoms with van der Waals surface area (Å²) in [7, 11) is 0. The number of aromatic hydroxyl groups is 1. The number of amides is 1. The van der Waals surface area contributed by atoms with Gasteiger partial charge in [-0.25, -0.2) is 0 Å². The number of phenols is 1. The SMILES string of the molecule is N/C(=N/O)c1ccc(NC(=O)c2ccccc2O)c(Br)c1. The lowest BCUT2D eigenvalue weighted by molar-refractivity contribution is 0.102. The molecule has 0 saturated carbocycles. The van der Waals surface area contributed by atoms with E-state index in [1.54, 1.807) is 30.3 Å². The van der Waals surface area contributed by atoms with Crippen molar-refractivity contribution in [3.05, 3.63) is 58.1 Å². The molecular formula is C14H12BrN3O3. The maximum Gasteiger partial charge on any atom is 0.259 e. The molecule has 0 aliphatic carbocycles. The van der Waals surface area contributed by atoms with Gasteiger partial charge in [0.05, 0.1) is 11.3 Å². The molecule has 21 heavy (non-hydrogen) atoms. The zero-order valence-corrected chi connectivity index (χ0v) is 12.3. The van der Waals surface area contributed by atoms with Crippen LogP contribution in [0.25, 0.3) is 0 Å². The molecule has 0 heterocycles. The number of hydrogen-bond donors (Lipinski definition) is 4. The van der Waals surface area contributed by atoms with Crippen LogP contribution in [0.1, 0.15) is 15.9 Å². The van der Waals surface area contributed by atoms with Crippen molar-refractivity contribution in [2.24, 2.45) is 10.9 Å². The van der Waals surface area contributed by atoms with Crippen molar-refractivity contribution in [2.45, 2.75) is 0 Å². The Labute approximate surface area is 129 Å². The highest BCUT2D eigenvalue weighted by atomic mass is 79.9. The standard InChI is InChI=1S/C14H12BrN3O3/c15-10-7-8(13(16)18-21)5-6-11(10)17-14(20)9-3-1-2-4-12(9)19/h1-7,19,21H,(H2,16,18)(H,17,20). The molecule has 5 N–H and O–H groups in total. The summed E-state index contributed by atoms with van der Waals surface area (Å²) in [5.74, 6) is -0.570. The summed E-state index contributed by atoms with van der Waals surface area (Å²) in [4.78, 5) is 12.1. The fourth-order valence-corrected chi connectivity index (χ4v) is 2.17. The second kappa shape index (κ2) is 6.27. The molecule has 0 unspecified atom stereocenters. The average molecular weight is 350 g/mol. The highest BCUT2D eigenvalue weighted by molar-refractivity contribution is 9.10. The second-order valence-electron chi connectivity index (χ2n) is 4.15. The van der Waals surface area contributed by atoms with Crippen LogP contribution in [0.5, 0.6) is 5.75 Å². The van der Waals surface area contributed by atoms with Crippen LogP contribution in [0.15, 0.2) is 52.1 Å². The lowest BCUT2D eigenvalue weighted by Gasteiger charge is -2.09. The summed E-state index contributed by atoms with van der Waals surface area (Å²) in [5, 5.41) is 23.8. The van der Waals surface area contributed by atoms with Crippen LogP contribution in [0.2, 0.25) is 0 Å². The van der Waals surface area contributed by atoms with Gasteiger partial charge in [0.1, 0.15) is 5.75 Å². The molecule has 2 rings (SSSR count). The first kappa shape index (κ1) is 14.9. The molecule has 0 fully saturated rings. The molecule has 0 aliphatic heterocycles. The maximum atomic E-state index is 12.1. The van der Waals surface area contributed by atoms with E-state index in [-0.39, 0.29) is 17.1 Å². The van der Waals surface area contributed by atoms with Crippen LogP contribution in [0.4, 0.5) is 5.69 Å². The van der Waals surface area contributed by atoms with E-state index in [2.05, 4.69) is 26.4 Å². The molecule has 7 heteroatoms. The van der Waals surface area contributed by atoms with Gasteiger partial charge in [0.15, 0.2) is 5.84 Å². The summed E-state index contributed by atoms with van der Waals surface area (Å²) in [6.45, 7) is 0. The lowest BCUT2D eigenvalue weighted by Crippen LogP contribution is -2.15. The monoisotopic (exact) mass is 349 g/mol. The van der Waals surface area contributed by atoms with Gasteiger partial charge in [-0.1, -0.05) is 17.3 Å². The van der Waals surface area contributed by atoms with Gasteiger partial charge in [-0.3, -0.25) is 4.79 Å². The smallest absolute Gasteiger partial charge is 0.259 e. The Hall–Kier alpha value is -2.54. The molecule has 0 aromatic heterocycles. The first-order valence-corrected chi connectivity index (χ1v) is 6.69. The number of amidine groups is 1. The quantitative estimate of drug-likeness (QED) is 0.295. The Balaban J connectivity index is 2.25. The van der Waals surface area contributed by atoms with E-state index < -0.39 is 5.91 Å². The molecule has 2 aromatic carbocycles. The third-order valence-electron chi connectivity index (χ3n) is 2.77. The van der Waals surface area contributed by atoms with E-state index >= 15 is 0 Å². The van der Waals surface area contributed by atoms with Gasteiger partial charge in [0.2, 0.25) is 0 Å². The summed E-state index contributed by atoms with van der Waals surface area (Å²) in [5.41, 5.74) is 6.66. The van der Waals surface area contributed by atoms with Crippen LogP contribution < -0.4 is 11.1 Å². The number of nitrogens with one attached hydrogen (secondary N) is 1. The molecule has 0 aliphatic rings. The molecular weight excluding hydrogens is 338 g/mol. The van der Waals surface area contributed by atoms with E-state index in [0.717, 1.165) is 0 Å². The molecule has 0 spiro atoms. The molecule has 0 atom stereocenters. The zero-order chi connectivity index (χ0) is 15.4. The van der Waals surface area contributed by atoms with E-state index in [1.807, 2.05) is 0 Å². The minimum Gasteiger partial charge on any atom is -0.507 e. The summed E-state index contributed by atoms with van der Waals surface area (Å²) in [6, 6.07) is 11.1. The Kier molecular flexibility index (Phi) is 4.44. The van der Waals surface area contributed by atoms with E-state index in [0.29, 0.717) is 15.7 Å². The molecule has 108 valence electrons. The number of anilines is 1. The normalized spacial score (nSPS) is 11.2. The number of rotatable bonds is 3. The number of carbonyl (C=O) groups excluding carboxylic acids is 1. The number of nitrogens with zero attached hydrogens (tertiary/aromatic N) is 1. The van der Waals surface area contributed by atoms with Gasteiger partial charge in [-0.15, -0.1) is 0 Å². The third kappa shape index (κ3) is 3.32. The van der Waals surface area contributed by atoms with Crippen molar-refractivity contribution in [1.82, 2.24) is 0 Å². The fourth-order valence-electron chi connectivity index (χ4n) is 1.69. The van der Waals surface area contributed by atoms with E-state index in [1.165, 1.54) is 12.1 Å². The Morgan fingerprint density at radius 2 is 1.95 bits per heavy atom. The molecule has 0 bridgehead atoms. The van der Waals surface area contributed by atoms with Gasteiger partial charge < -0.3 is 21.4 Å². The number of hydrogen-bond acceptors (Lipinski definition) is 4. The molecule has 0 saturated heterocycles.